The van der Waals surface area contributed by atoms with E-state index in [1.165, 1.54) is 60.7 Å². The van der Waals surface area contributed by atoms with Gasteiger partial charge in [-0.3, -0.25) is 14.2 Å². The van der Waals surface area contributed by atoms with Gasteiger partial charge in [0.05, 0.1) is 26.4 Å². The van der Waals surface area contributed by atoms with E-state index in [-0.39, 0.29) is 46.7 Å². The fourth-order valence-electron chi connectivity index (χ4n) is 3.96. The maximum absolute atomic E-state index is 13.4. The van der Waals surface area contributed by atoms with Crippen LogP contribution in [0.2, 0.25) is 30.1 Å². The Morgan fingerprint density at radius 1 is 0.521 bits per heavy atom. The van der Waals surface area contributed by atoms with E-state index in [1.54, 1.807) is 18.2 Å². The number of carbonyl (C=O) groups excluding carboxylic acids is 1. The van der Waals surface area contributed by atoms with Crippen LogP contribution >= 0.6 is 69.6 Å². The summed E-state index contributed by atoms with van der Waals surface area (Å²) in [6.45, 7) is 0. The molecule has 0 aromatic heterocycles. The predicted octanol–water partition coefficient (Wildman–Crippen LogP) is 10.4. The van der Waals surface area contributed by atoms with Gasteiger partial charge in [-0.25, -0.2) is 25.6 Å². The molecule has 5 aromatic rings. The maximum Gasteiger partial charge on any atom is 0.263 e. The number of benzene rings is 5. The van der Waals surface area contributed by atoms with Crippen molar-refractivity contribution in [1.29, 1.82) is 0 Å². The van der Waals surface area contributed by atoms with Gasteiger partial charge in [-0.2, -0.15) is 0 Å². The van der Waals surface area contributed by atoms with Crippen LogP contribution in [-0.2, 0) is 20.0 Å². The molecule has 0 unspecified atom stereocenters. The van der Waals surface area contributed by atoms with Crippen molar-refractivity contribution >= 4 is 107 Å². The molecule has 0 spiro atoms. The Bertz CT molecular complexity index is 2240. The van der Waals surface area contributed by atoms with Gasteiger partial charge in [0.15, 0.2) is 5.78 Å². The highest BCUT2D eigenvalue weighted by molar-refractivity contribution is 7.93. The number of sulfonamides is 2. The zero-order valence-electron chi connectivity index (χ0n) is 23.6. The zero-order valence-corrected chi connectivity index (χ0v) is 29.8. The highest BCUT2D eigenvalue weighted by Crippen LogP contribution is 2.30. The van der Waals surface area contributed by atoms with E-state index < -0.39 is 37.5 Å². The normalized spacial score (nSPS) is 11.3. The number of hydrogen-bond donors (Lipinski definition) is 2. The third-order valence-corrected chi connectivity index (χ3v) is 10.8. The summed E-state index contributed by atoms with van der Waals surface area (Å²) in [7, 11) is -7.83. The van der Waals surface area contributed by atoms with Gasteiger partial charge >= 0.3 is 0 Å². The largest absolute Gasteiger partial charge is 0.289 e. The van der Waals surface area contributed by atoms with Crippen molar-refractivity contribution in [3.8, 4) is 0 Å². The highest BCUT2D eigenvalue weighted by Gasteiger charge is 2.21. The second-order valence-corrected chi connectivity index (χ2v) is 15.4. The topological polar surface area (TPSA) is 109 Å². The number of hydrogen-bond acceptors (Lipinski definition) is 5. The first kappa shape index (κ1) is 37.7. The Kier molecular flexibility index (Phi) is 12.3. The SMILES string of the molecule is O=C(c1cc(F)cc(F)c1)c1ccc(NS(=O)(=O)c2ccc(Cl)cc2Cl)cc1Cl.O=S(=O)(Nc1cccc(Cl)c1)c1ccc(Cl)cc1Cl. The summed E-state index contributed by atoms with van der Waals surface area (Å²) >= 11 is 35.2. The first-order chi connectivity index (χ1) is 22.4. The Hall–Kier alpha value is -3.13. The molecule has 5 aromatic carbocycles. The van der Waals surface area contributed by atoms with Gasteiger partial charge in [0.2, 0.25) is 0 Å². The lowest BCUT2D eigenvalue weighted by molar-refractivity contribution is 0.103. The van der Waals surface area contributed by atoms with E-state index in [9.17, 15) is 30.4 Å². The molecule has 7 nitrogen and oxygen atoms in total. The fourth-order valence-corrected chi connectivity index (χ4v) is 8.06. The molecule has 2 N–H and O–H groups in total. The van der Waals surface area contributed by atoms with Crippen LogP contribution < -0.4 is 9.44 Å². The highest BCUT2D eigenvalue weighted by atomic mass is 35.5. The summed E-state index contributed by atoms with van der Waals surface area (Å²) in [5.41, 5.74) is 0.135. The quantitative estimate of drug-likeness (QED) is 0.152. The number of nitrogens with one attached hydrogen (secondary N) is 2. The number of ketones is 1. The average Bonchev–Trinajstić information content (AvgIpc) is 2.96. The molecule has 0 saturated carbocycles. The van der Waals surface area contributed by atoms with Gasteiger partial charge < -0.3 is 0 Å². The molecule has 0 amide bonds. The number of rotatable bonds is 8. The second-order valence-electron chi connectivity index (χ2n) is 9.55. The number of carbonyl (C=O) groups is 1. The first-order valence-corrected chi connectivity index (χ1v) is 18.2. The molecule has 0 heterocycles. The third-order valence-electron chi connectivity index (χ3n) is 6.03. The van der Waals surface area contributed by atoms with Gasteiger partial charge in [-0.1, -0.05) is 75.7 Å². The van der Waals surface area contributed by atoms with E-state index >= 15 is 0 Å². The molecule has 0 bridgehead atoms. The third kappa shape index (κ3) is 9.73. The Labute approximate surface area is 304 Å². The number of halogens is 8. The van der Waals surface area contributed by atoms with Gasteiger partial charge in [0.25, 0.3) is 20.0 Å². The van der Waals surface area contributed by atoms with Crippen molar-refractivity contribution in [2.75, 3.05) is 9.44 Å². The molecular formula is C31H18Cl6F2N2O5S2. The molecular weight excluding hydrogens is 795 g/mol. The second kappa shape index (κ2) is 15.6. The van der Waals surface area contributed by atoms with E-state index in [4.69, 9.17) is 69.6 Å². The van der Waals surface area contributed by atoms with Crippen molar-refractivity contribution in [2.24, 2.45) is 0 Å². The summed E-state index contributed by atoms with van der Waals surface area (Å²) in [5, 5.41) is 0.947. The van der Waals surface area contributed by atoms with Gasteiger partial charge in [-0.05, 0) is 84.9 Å². The molecule has 0 atom stereocenters. The summed E-state index contributed by atoms with van der Waals surface area (Å²) in [4.78, 5) is 12.2. The van der Waals surface area contributed by atoms with E-state index in [2.05, 4.69) is 9.44 Å². The lowest BCUT2D eigenvalue weighted by Gasteiger charge is -2.11. The monoisotopic (exact) mass is 810 g/mol. The van der Waals surface area contributed by atoms with Crippen LogP contribution in [0.4, 0.5) is 20.2 Å². The van der Waals surface area contributed by atoms with E-state index in [1.807, 2.05) is 0 Å². The molecule has 17 heteroatoms. The Balaban J connectivity index is 0.000000237. The lowest BCUT2D eigenvalue weighted by atomic mass is 10.0. The summed E-state index contributed by atoms with van der Waals surface area (Å²) < 4.78 is 80.8. The zero-order chi connectivity index (χ0) is 35.4. The van der Waals surface area contributed by atoms with Crippen LogP contribution in [0.5, 0.6) is 0 Å². The first-order valence-electron chi connectivity index (χ1n) is 13.0. The van der Waals surface area contributed by atoms with Crippen LogP contribution in [0.3, 0.4) is 0 Å². The number of anilines is 2. The van der Waals surface area contributed by atoms with Crippen LogP contribution in [0.1, 0.15) is 15.9 Å². The molecule has 0 radical (unpaired) electrons. The van der Waals surface area contributed by atoms with E-state index in [0.717, 1.165) is 12.1 Å². The van der Waals surface area contributed by atoms with Crippen molar-refractivity contribution < 1.29 is 30.4 Å². The Morgan fingerprint density at radius 2 is 1.00 bits per heavy atom. The standard InChI is InChI=1S/C19H10Cl3F2NO3S.C12H8Cl3NO2S/c20-11-1-4-18(17(22)7-11)29(27,28)25-14-2-3-15(16(21)9-14)19(26)10-5-12(23)8-13(24)6-10;13-8-2-1-3-10(6-8)16-19(17,18)12-5-4-9(14)7-11(12)15/h1-9,25H;1-7,16H. The molecule has 0 aliphatic heterocycles. The van der Waals surface area contributed by atoms with Crippen LogP contribution in [0.25, 0.3) is 0 Å². The molecule has 48 heavy (non-hydrogen) atoms. The molecule has 0 saturated heterocycles. The molecule has 0 fully saturated rings. The van der Waals surface area contributed by atoms with Crippen LogP contribution in [0, 0.1) is 11.6 Å². The van der Waals surface area contributed by atoms with Gasteiger partial charge in [0, 0.05) is 32.3 Å². The van der Waals surface area contributed by atoms with Crippen LogP contribution in [-0.4, -0.2) is 22.6 Å². The van der Waals surface area contributed by atoms with Gasteiger partial charge in [-0.15, -0.1) is 0 Å². The molecule has 0 aliphatic carbocycles. The van der Waals surface area contributed by atoms with Crippen LogP contribution in [0.15, 0.2) is 107 Å². The van der Waals surface area contributed by atoms with Gasteiger partial charge in [0.1, 0.15) is 21.4 Å². The van der Waals surface area contributed by atoms with E-state index in [0.29, 0.717) is 21.8 Å². The predicted molar refractivity (Wildman–Crippen MR) is 187 cm³/mol. The maximum atomic E-state index is 13.4. The molecule has 0 aliphatic rings. The summed E-state index contributed by atoms with van der Waals surface area (Å²) in [5.74, 6) is -2.54. The molecule has 250 valence electrons. The minimum absolute atomic E-state index is 0.0430. The van der Waals surface area contributed by atoms with Crippen molar-refractivity contribution in [3.05, 3.63) is 150 Å². The summed E-state index contributed by atoms with van der Waals surface area (Å²) in [6, 6.07) is 20.6. The smallest absolute Gasteiger partial charge is 0.263 e. The average molecular weight is 813 g/mol. The minimum Gasteiger partial charge on any atom is -0.289 e. The lowest BCUT2D eigenvalue weighted by Crippen LogP contribution is -2.14. The van der Waals surface area contributed by atoms with Crippen molar-refractivity contribution in [3.63, 3.8) is 0 Å². The summed E-state index contributed by atoms with van der Waals surface area (Å²) in [6.07, 6.45) is 0. The minimum atomic E-state index is -4.06. The van der Waals surface area contributed by atoms with Crippen molar-refractivity contribution in [1.82, 2.24) is 0 Å². The fraction of sp³-hybridized carbons (Fsp3) is 0. The Morgan fingerprint density at radius 3 is 1.46 bits per heavy atom. The molecule has 5 rings (SSSR count). The van der Waals surface area contributed by atoms with Crippen molar-refractivity contribution in [2.45, 2.75) is 9.79 Å².